The Morgan fingerprint density at radius 3 is 2.21 bits per heavy atom. The molecule has 0 saturated carbocycles. The minimum atomic E-state index is -0.940. The highest BCUT2D eigenvalue weighted by atomic mass is 19.1. The Morgan fingerprint density at radius 1 is 1.21 bits per heavy atom. The molecule has 7 heteroatoms. The summed E-state index contributed by atoms with van der Waals surface area (Å²) in [6.07, 6.45) is 0. The van der Waals surface area contributed by atoms with Crippen molar-refractivity contribution < 1.29 is 18.6 Å². The zero-order valence-electron chi connectivity index (χ0n) is 11.3. The van der Waals surface area contributed by atoms with Gasteiger partial charge in [-0.3, -0.25) is 10.1 Å². The molecule has 1 aliphatic rings. The molecule has 0 radical (unpaired) electrons. The lowest BCUT2D eigenvalue weighted by molar-refractivity contribution is -0.387. The molecule has 1 aliphatic heterocycles. The lowest BCUT2D eigenvalue weighted by Gasteiger charge is -2.32. The van der Waals surface area contributed by atoms with Crippen LogP contribution in [0, 0.1) is 15.9 Å². The first kappa shape index (κ1) is 14.0. The van der Waals surface area contributed by atoms with Crippen LogP contribution in [0.2, 0.25) is 0 Å². The smallest absolute Gasteiger partial charge is 0.399 e. The number of hydrogen-bond acceptors (Lipinski definition) is 4. The molecule has 1 fully saturated rings. The van der Waals surface area contributed by atoms with E-state index >= 15 is 0 Å². The third-order valence-corrected chi connectivity index (χ3v) is 3.71. The van der Waals surface area contributed by atoms with Gasteiger partial charge in [0.25, 0.3) is 0 Å². The molecule has 102 valence electrons. The third-order valence-electron chi connectivity index (χ3n) is 3.71. The van der Waals surface area contributed by atoms with Crippen LogP contribution in [0.5, 0.6) is 0 Å². The Labute approximate surface area is 111 Å². The van der Waals surface area contributed by atoms with E-state index in [0.717, 1.165) is 6.07 Å². The van der Waals surface area contributed by atoms with Crippen LogP contribution in [0.15, 0.2) is 18.2 Å². The maximum absolute atomic E-state index is 14.1. The van der Waals surface area contributed by atoms with Gasteiger partial charge in [-0.15, -0.1) is 0 Å². The van der Waals surface area contributed by atoms with Crippen molar-refractivity contribution in [1.29, 1.82) is 0 Å². The maximum atomic E-state index is 14.1. The van der Waals surface area contributed by atoms with Gasteiger partial charge in [0.05, 0.1) is 16.1 Å². The molecular formula is C12H15BFNO4. The molecule has 1 aromatic rings. The Balaban J connectivity index is 2.40. The van der Waals surface area contributed by atoms with Crippen molar-refractivity contribution in [2.45, 2.75) is 38.9 Å². The Bertz CT molecular complexity index is 516. The summed E-state index contributed by atoms with van der Waals surface area (Å²) in [6.45, 7) is 7.34. The lowest BCUT2D eigenvalue weighted by Crippen LogP contribution is -2.41. The molecular weight excluding hydrogens is 252 g/mol. The van der Waals surface area contributed by atoms with Gasteiger partial charge in [-0.2, -0.15) is 4.39 Å². The van der Waals surface area contributed by atoms with Gasteiger partial charge in [0.15, 0.2) is 5.82 Å². The molecule has 0 amide bonds. The van der Waals surface area contributed by atoms with E-state index in [0.29, 0.717) is 0 Å². The van der Waals surface area contributed by atoms with Gasteiger partial charge in [0.2, 0.25) is 0 Å². The topological polar surface area (TPSA) is 61.6 Å². The summed E-state index contributed by atoms with van der Waals surface area (Å²) in [6, 6.07) is 3.97. The number of nitro benzene ring substituents is 1. The van der Waals surface area contributed by atoms with Gasteiger partial charge >= 0.3 is 12.8 Å². The van der Waals surface area contributed by atoms with E-state index in [2.05, 4.69) is 0 Å². The third kappa shape index (κ3) is 2.23. The summed E-state index contributed by atoms with van der Waals surface area (Å²) in [4.78, 5) is 9.97. The van der Waals surface area contributed by atoms with Crippen molar-refractivity contribution in [1.82, 2.24) is 0 Å². The molecule has 0 aromatic heterocycles. The van der Waals surface area contributed by atoms with Crippen LogP contribution in [0.25, 0.3) is 0 Å². The molecule has 0 N–H and O–H groups in total. The Hall–Kier alpha value is -1.47. The van der Waals surface area contributed by atoms with E-state index in [1.807, 2.05) is 27.7 Å². The number of hydrogen-bond donors (Lipinski definition) is 0. The largest absolute Gasteiger partial charge is 0.498 e. The first-order valence-corrected chi connectivity index (χ1v) is 5.94. The number of benzene rings is 1. The molecule has 0 atom stereocenters. The van der Waals surface area contributed by atoms with E-state index in [1.165, 1.54) is 12.1 Å². The Morgan fingerprint density at radius 2 is 1.74 bits per heavy atom. The van der Waals surface area contributed by atoms with Crippen molar-refractivity contribution in [2.75, 3.05) is 0 Å². The predicted molar refractivity (Wildman–Crippen MR) is 68.8 cm³/mol. The van der Waals surface area contributed by atoms with Crippen LogP contribution in [0.4, 0.5) is 10.1 Å². The average molecular weight is 267 g/mol. The van der Waals surface area contributed by atoms with E-state index in [-0.39, 0.29) is 5.46 Å². The second-order valence-corrected chi connectivity index (χ2v) is 5.53. The maximum Gasteiger partial charge on any atom is 0.498 e. The van der Waals surface area contributed by atoms with Crippen LogP contribution >= 0.6 is 0 Å². The van der Waals surface area contributed by atoms with Crippen molar-refractivity contribution in [3.63, 3.8) is 0 Å². The lowest BCUT2D eigenvalue weighted by atomic mass is 9.78. The fourth-order valence-electron chi connectivity index (χ4n) is 1.83. The summed E-state index contributed by atoms with van der Waals surface area (Å²) in [7, 11) is -0.940. The summed E-state index contributed by atoms with van der Waals surface area (Å²) < 4.78 is 25.4. The molecule has 0 bridgehead atoms. The molecule has 0 unspecified atom stereocenters. The first-order valence-electron chi connectivity index (χ1n) is 5.94. The second kappa shape index (κ2) is 4.28. The number of halogens is 1. The summed E-state index contributed by atoms with van der Waals surface area (Å²) in [5.74, 6) is -0.911. The summed E-state index contributed by atoms with van der Waals surface area (Å²) in [5.41, 5.74) is -1.76. The zero-order chi connectivity index (χ0) is 14.4. The van der Waals surface area contributed by atoms with E-state index < -0.39 is 34.7 Å². The average Bonchev–Trinajstić information content (AvgIpc) is 2.47. The second-order valence-electron chi connectivity index (χ2n) is 5.53. The van der Waals surface area contributed by atoms with Gasteiger partial charge in [-0.05, 0) is 27.7 Å². The van der Waals surface area contributed by atoms with Gasteiger partial charge in [0, 0.05) is 11.5 Å². The minimum absolute atomic E-state index is 0.0489. The molecule has 0 spiro atoms. The predicted octanol–water partition coefficient (Wildman–Crippen LogP) is 2.03. The van der Waals surface area contributed by atoms with Gasteiger partial charge < -0.3 is 9.31 Å². The van der Waals surface area contributed by atoms with Gasteiger partial charge in [0.1, 0.15) is 0 Å². The number of nitro groups is 1. The van der Waals surface area contributed by atoms with E-state index in [1.54, 1.807) is 0 Å². The molecule has 19 heavy (non-hydrogen) atoms. The number of nitrogens with zero attached hydrogens (tertiary/aromatic N) is 1. The molecule has 5 nitrogen and oxygen atoms in total. The highest BCUT2D eigenvalue weighted by Gasteiger charge is 2.52. The SMILES string of the molecule is CC1(C)OB(c2cccc([N+](=O)[O-])c2F)OC1(C)C. The first-order chi connectivity index (χ1) is 8.66. The van der Waals surface area contributed by atoms with Crippen LogP contribution in [-0.2, 0) is 9.31 Å². The zero-order valence-corrected chi connectivity index (χ0v) is 11.3. The van der Waals surface area contributed by atoms with Crippen molar-refractivity contribution in [3.05, 3.63) is 34.1 Å². The van der Waals surface area contributed by atoms with Crippen molar-refractivity contribution in [2.24, 2.45) is 0 Å². The quantitative estimate of drug-likeness (QED) is 0.467. The van der Waals surface area contributed by atoms with Gasteiger partial charge in [-0.1, -0.05) is 12.1 Å². The number of rotatable bonds is 2. The Kier molecular flexibility index (Phi) is 3.14. The minimum Gasteiger partial charge on any atom is -0.399 e. The highest BCUT2D eigenvalue weighted by molar-refractivity contribution is 6.62. The highest BCUT2D eigenvalue weighted by Crippen LogP contribution is 2.36. The molecule has 1 heterocycles. The summed E-state index contributed by atoms with van der Waals surface area (Å²) >= 11 is 0. The van der Waals surface area contributed by atoms with Gasteiger partial charge in [-0.25, -0.2) is 0 Å². The standard InChI is InChI=1S/C12H15BFNO4/c1-11(2)12(3,4)19-13(18-11)8-6-5-7-9(10(8)14)15(16)17/h5-7H,1-4H3. The molecule has 1 saturated heterocycles. The summed E-state index contributed by atoms with van der Waals surface area (Å²) in [5, 5.41) is 10.7. The van der Waals surface area contributed by atoms with Crippen LogP contribution in [0.3, 0.4) is 0 Å². The monoisotopic (exact) mass is 267 g/mol. The fraction of sp³-hybridized carbons (Fsp3) is 0.500. The van der Waals surface area contributed by atoms with Crippen molar-refractivity contribution >= 4 is 18.3 Å². The molecule has 0 aliphatic carbocycles. The van der Waals surface area contributed by atoms with Crippen LogP contribution in [0.1, 0.15) is 27.7 Å². The van der Waals surface area contributed by atoms with Crippen LogP contribution in [-0.4, -0.2) is 23.2 Å². The van der Waals surface area contributed by atoms with E-state index in [9.17, 15) is 14.5 Å². The van der Waals surface area contributed by atoms with Crippen molar-refractivity contribution in [3.8, 4) is 0 Å². The van der Waals surface area contributed by atoms with Crippen LogP contribution < -0.4 is 5.46 Å². The normalized spacial score (nSPS) is 20.6. The molecule has 2 rings (SSSR count). The fourth-order valence-corrected chi connectivity index (χ4v) is 1.83. The molecule has 1 aromatic carbocycles. The van der Waals surface area contributed by atoms with E-state index in [4.69, 9.17) is 9.31 Å².